The van der Waals surface area contributed by atoms with E-state index >= 15 is 0 Å². The molecule has 0 saturated heterocycles. The van der Waals surface area contributed by atoms with Gasteiger partial charge in [0.15, 0.2) is 0 Å². The SMILES string of the molecule is CC(N)c1ccc(OC2CCCc3ccccc32)cn1. The number of aromatic nitrogens is 1. The third-order valence-corrected chi connectivity index (χ3v) is 3.82. The van der Waals surface area contributed by atoms with E-state index in [1.54, 1.807) is 6.20 Å². The topological polar surface area (TPSA) is 48.1 Å². The van der Waals surface area contributed by atoms with Crippen LogP contribution in [0.25, 0.3) is 0 Å². The molecule has 1 aromatic heterocycles. The summed E-state index contributed by atoms with van der Waals surface area (Å²) in [6.07, 6.45) is 5.30. The summed E-state index contributed by atoms with van der Waals surface area (Å²) in [6, 6.07) is 12.4. The standard InChI is InChI=1S/C17H20N2O/c1-12(18)16-10-9-14(11-19-16)20-17-8-4-6-13-5-2-3-7-15(13)17/h2-3,5,7,9-12,17H,4,6,8,18H2,1H3. The van der Waals surface area contributed by atoms with Crippen molar-refractivity contribution in [2.75, 3.05) is 0 Å². The molecular formula is C17H20N2O. The second-order valence-corrected chi connectivity index (χ2v) is 5.40. The van der Waals surface area contributed by atoms with Crippen LogP contribution in [0.2, 0.25) is 0 Å². The first-order chi connectivity index (χ1) is 9.74. The van der Waals surface area contributed by atoms with Crippen LogP contribution < -0.4 is 10.5 Å². The zero-order valence-corrected chi connectivity index (χ0v) is 11.8. The molecule has 0 amide bonds. The van der Waals surface area contributed by atoms with Gasteiger partial charge in [0.1, 0.15) is 11.9 Å². The van der Waals surface area contributed by atoms with Gasteiger partial charge >= 0.3 is 0 Å². The number of fused-ring (bicyclic) bond motifs is 1. The molecule has 104 valence electrons. The van der Waals surface area contributed by atoms with Crippen molar-refractivity contribution in [3.63, 3.8) is 0 Å². The zero-order valence-electron chi connectivity index (χ0n) is 11.8. The van der Waals surface area contributed by atoms with E-state index in [4.69, 9.17) is 10.5 Å². The Hall–Kier alpha value is -1.87. The molecule has 1 aliphatic carbocycles. The first-order valence-corrected chi connectivity index (χ1v) is 7.20. The fraction of sp³-hybridized carbons (Fsp3) is 0.353. The minimum atomic E-state index is -0.0422. The molecule has 0 bridgehead atoms. The number of aryl methyl sites for hydroxylation is 1. The average molecular weight is 268 g/mol. The normalized spacial score (nSPS) is 19.2. The maximum Gasteiger partial charge on any atom is 0.138 e. The smallest absolute Gasteiger partial charge is 0.138 e. The van der Waals surface area contributed by atoms with Crippen molar-refractivity contribution in [3.8, 4) is 5.75 Å². The summed E-state index contributed by atoms with van der Waals surface area (Å²) in [6.45, 7) is 1.93. The van der Waals surface area contributed by atoms with E-state index in [1.807, 2.05) is 19.1 Å². The second kappa shape index (κ2) is 5.63. The molecular weight excluding hydrogens is 248 g/mol. The van der Waals surface area contributed by atoms with E-state index in [0.29, 0.717) is 0 Å². The molecule has 0 saturated carbocycles. The van der Waals surface area contributed by atoms with Crippen LogP contribution in [0, 0.1) is 0 Å². The summed E-state index contributed by atoms with van der Waals surface area (Å²) in [4.78, 5) is 4.35. The molecule has 0 fully saturated rings. The number of rotatable bonds is 3. The number of ether oxygens (including phenoxy) is 1. The zero-order chi connectivity index (χ0) is 13.9. The van der Waals surface area contributed by atoms with Gasteiger partial charge in [0.05, 0.1) is 11.9 Å². The second-order valence-electron chi connectivity index (χ2n) is 5.40. The van der Waals surface area contributed by atoms with Crippen LogP contribution in [0.5, 0.6) is 5.75 Å². The summed E-state index contributed by atoms with van der Waals surface area (Å²) in [5.74, 6) is 0.816. The average Bonchev–Trinajstić information content (AvgIpc) is 2.48. The van der Waals surface area contributed by atoms with Gasteiger partial charge in [-0.1, -0.05) is 24.3 Å². The van der Waals surface area contributed by atoms with E-state index in [0.717, 1.165) is 24.3 Å². The van der Waals surface area contributed by atoms with E-state index in [-0.39, 0.29) is 12.1 Å². The summed E-state index contributed by atoms with van der Waals surface area (Å²) >= 11 is 0. The van der Waals surface area contributed by atoms with Gasteiger partial charge in [-0.3, -0.25) is 4.98 Å². The van der Waals surface area contributed by atoms with Gasteiger partial charge in [0.2, 0.25) is 0 Å². The van der Waals surface area contributed by atoms with Crippen LogP contribution in [-0.2, 0) is 6.42 Å². The third kappa shape index (κ3) is 2.68. The Labute approximate surface area is 119 Å². The number of pyridine rings is 1. The lowest BCUT2D eigenvalue weighted by molar-refractivity contribution is 0.182. The maximum atomic E-state index is 6.11. The maximum absolute atomic E-state index is 6.11. The van der Waals surface area contributed by atoms with Gasteiger partial charge in [-0.25, -0.2) is 0 Å². The van der Waals surface area contributed by atoms with Gasteiger partial charge in [-0.05, 0) is 49.4 Å². The molecule has 2 N–H and O–H groups in total. The van der Waals surface area contributed by atoms with E-state index in [9.17, 15) is 0 Å². The Morgan fingerprint density at radius 1 is 1.25 bits per heavy atom. The molecule has 3 nitrogen and oxygen atoms in total. The molecule has 0 spiro atoms. The van der Waals surface area contributed by atoms with Crippen LogP contribution in [0.3, 0.4) is 0 Å². The molecule has 2 aromatic rings. The predicted octanol–water partition coefficient (Wildman–Crippen LogP) is 3.56. The lowest BCUT2D eigenvalue weighted by Gasteiger charge is -2.26. The van der Waals surface area contributed by atoms with Crippen molar-refractivity contribution in [2.45, 2.75) is 38.3 Å². The molecule has 3 heteroatoms. The minimum absolute atomic E-state index is 0.0422. The summed E-state index contributed by atoms with van der Waals surface area (Å²) in [5.41, 5.74) is 9.42. The number of hydrogen-bond acceptors (Lipinski definition) is 3. The van der Waals surface area contributed by atoms with Crippen molar-refractivity contribution >= 4 is 0 Å². The highest BCUT2D eigenvalue weighted by Crippen LogP contribution is 2.33. The van der Waals surface area contributed by atoms with Gasteiger partial charge in [-0.15, -0.1) is 0 Å². The molecule has 1 aromatic carbocycles. The number of nitrogens with two attached hydrogens (primary N) is 1. The summed E-state index contributed by atoms with van der Waals surface area (Å²) in [5, 5.41) is 0. The van der Waals surface area contributed by atoms with Crippen LogP contribution in [0.4, 0.5) is 0 Å². The van der Waals surface area contributed by atoms with Gasteiger partial charge < -0.3 is 10.5 Å². The Kier molecular flexibility index (Phi) is 3.70. The molecule has 2 unspecified atom stereocenters. The lowest BCUT2D eigenvalue weighted by Crippen LogP contribution is -2.15. The summed E-state index contributed by atoms with van der Waals surface area (Å²) in [7, 11) is 0. The van der Waals surface area contributed by atoms with Crippen LogP contribution in [0.15, 0.2) is 42.6 Å². The third-order valence-electron chi connectivity index (χ3n) is 3.82. The fourth-order valence-corrected chi connectivity index (χ4v) is 2.73. The van der Waals surface area contributed by atoms with Crippen molar-refractivity contribution in [1.82, 2.24) is 4.98 Å². The quantitative estimate of drug-likeness (QED) is 0.926. The lowest BCUT2D eigenvalue weighted by atomic mass is 9.89. The number of benzene rings is 1. The molecule has 1 aliphatic rings. The molecule has 0 radical (unpaired) electrons. The largest absolute Gasteiger partial charge is 0.484 e. The predicted molar refractivity (Wildman–Crippen MR) is 79.6 cm³/mol. The Balaban J connectivity index is 1.78. The van der Waals surface area contributed by atoms with E-state index in [1.165, 1.54) is 17.5 Å². The van der Waals surface area contributed by atoms with Gasteiger partial charge in [0, 0.05) is 6.04 Å². The molecule has 0 aliphatic heterocycles. The molecule has 2 atom stereocenters. The molecule has 1 heterocycles. The van der Waals surface area contributed by atoms with Crippen LogP contribution in [0.1, 0.15) is 48.7 Å². The van der Waals surface area contributed by atoms with Crippen LogP contribution >= 0.6 is 0 Å². The Morgan fingerprint density at radius 3 is 2.85 bits per heavy atom. The van der Waals surface area contributed by atoms with Crippen molar-refractivity contribution in [2.24, 2.45) is 5.73 Å². The van der Waals surface area contributed by atoms with Crippen molar-refractivity contribution in [1.29, 1.82) is 0 Å². The molecule has 20 heavy (non-hydrogen) atoms. The van der Waals surface area contributed by atoms with Gasteiger partial charge in [-0.2, -0.15) is 0 Å². The fourth-order valence-electron chi connectivity index (χ4n) is 2.73. The Morgan fingerprint density at radius 2 is 2.10 bits per heavy atom. The van der Waals surface area contributed by atoms with Crippen molar-refractivity contribution < 1.29 is 4.74 Å². The van der Waals surface area contributed by atoms with E-state index < -0.39 is 0 Å². The first kappa shape index (κ1) is 13.1. The highest BCUT2D eigenvalue weighted by atomic mass is 16.5. The number of nitrogens with zero attached hydrogens (tertiary/aromatic N) is 1. The summed E-state index contributed by atoms with van der Waals surface area (Å²) < 4.78 is 6.11. The highest BCUT2D eigenvalue weighted by Gasteiger charge is 2.21. The highest BCUT2D eigenvalue weighted by molar-refractivity contribution is 5.32. The number of hydrogen-bond donors (Lipinski definition) is 1. The van der Waals surface area contributed by atoms with Crippen LogP contribution in [-0.4, -0.2) is 4.98 Å². The first-order valence-electron chi connectivity index (χ1n) is 7.20. The minimum Gasteiger partial charge on any atom is -0.484 e. The molecule has 3 rings (SSSR count). The monoisotopic (exact) mass is 268 g/mol. The van der Waals surface area contributed by atoms with Gasteiger partial charge in [0.25, 0.3) is 0 Å². The van der Waals surface area contributed by atoms with E-state index in [2.05, 4.69) is 29.2 Å². The van der Waals surface area contributed by atoms with Crippen molar-refractivity contribution in [3.05, 3.63) is 59.4 Å². The Bertz CT molecular complexity index is 578.